The van der Waals surface area contributed by atoms with Crippen molar-refractivity contribution in [1.82, 2.24) is 5.32 Å². The van der Waals surface area contributed by atoms with Crippen LogP contribution < -0.4 is 10.1 Å². The van der Waals surface area contributed by atoms with Crippen molar-refractivity contribution in [3.63, 3.8) is 0 Å². The minimum absolute atomic E-state index is 0.244. The Kier molecular flexibility index (Phi) is 4.81. The number of rotatable bonds is 4. The van der Waals surface area contributed by atoms with Crippen LogP contribution >= 0.6 is 11.6 Å². The average Bonchev–Trinajstić information content (AvgIpc) is 3.01. The molecule has 2 fully saturated rings. The first-order valence-electron chi connectivity index (χ1n) is 7.54. The van der Waals surface area contributed by atoms with Gasteiger partial charge in [0, 0.05) is 31.6 Å². The van der Waals surface area contributed by atoms with Crippen molar-refractivity contribution in [3.8, 4) is 5.75 Å². The molecular formula is C16H22ClNO2. The van der Waals surface area contributed by atoms with Gasteiger partial charge in [-0.2, -0.15) is 0 Å². The molecule has 0 spiro atoms. The molecule has 20 heavy (non-hydrogen) atoms. The minimum Gasteiger partial charge on any atom is -0.488 e. The highest BCUT2D eigenvalue weighted by molar-refractivity contribution is 6.32. The molecule has 1 aromatic rings. The summed E-state index contributed by atoms with van der Waals surface area (Å²) in [5.41, 5.74) is 0. The van der Waals surface area contributed by atoms with Crippen LogP contribution in [0.1, 0.15) is 19.3 Å². The molecule has 0 bridgehead atoms. The molecule has 1 N–H and O–H groups in total. The molecule has 0 saturated carbocycles. The van der Waals surface area contributed by atoms with Crippen molar-refractivity contribution in [2.24, 2.45) is 11.8 Å². The second kappa shape index (κ2) is 6.79. The molecule has 2 aliphatic heterocycles. The smallest absolute Gasteiger partial charge is 0.138 e. The van der Waals surface area contributed by atoms with E-state index in [4.69, 9.17) is 21.1 Å². The summed E-state index contributed by atoms with van der Waals surface area (Å²) < 4.78 is 11.8. The van der Waals surface area contributed by atoms with Crippen molar-refractivity contribution >= 4 is 11.6 Å². The van der Waals surface area contributed by atoms with Crippen LogP contribution in [0.3, 0.4) is 0 Å². The maximum Gasteiger partial charge on any atom is 0.138 e. The van der Waals surface area contributed by atoms with Crippen LogP contribution in [0.2, 0.25) is 5.02 Å². The highest BCUT2D eigenvalue weighted by Gasteiger charge is 2.34. The summed E-state index contributed by atoms with van der Waals surface area (Å²) in [6, 6.07) is 7.78. The average molecular weight is 296 g/mol. The minimum atomic E-state index is 0.244. The summed E-state index contributed by atoms with van der Waals surface area (Å²) >= 11 is 6.25. The maximum atomic E-state index is 6.34. The molecule has 0 unspecified atom stereocenters. The standard InChI is InChI=1S/C16H22ClNO2/c17-14-3-1-2-4-15(14)20-16(13-5-8-18-11-13)12-6-9-19-10-7-12/h1-4,12-13,16,18H,5-11H2/t13-,16+/m1/s1. The van der Waals surface area contributed by atoms with Crippen LogP contribution in [0.15, 0.2) is 24.3 Å². The molecule has 4 heteroatoms. The van der Waals surface area contributed by atoms with Crippen LogP contribution in [-0.4, -0.2) is 32.4 Å². The van der Waals surface area contributed by atoms with Crippen molar-refractivity contribution in [2.45, 2.75) is 25.4 Å². The largest absolute Gasteiger partial charge is 0.488 e. The van der Waals surface area contributed by atoms with Crippen molar-refractivity contribution in [3.05, 3.63) is 29.3 Å². The van der Waals surface area contributed by atoms with E-state index < -0.39 is 0 Å². The molecule has 2 aliphatic rings. The van der Waals surface area contributed by atoms with E-state index in [2.05, 4.69) is 5.32 Å². The lowest BCUT2D eigenvalue weighted by Gasteiger charge is -2.34. The van der Waals surface area contributed by atoms with Crippen LogP contribution in [0.5, 0.6) is 5.75 Å². The van der Waals surface area contributed by atoms with Gasteiger partial charge in [-0.3, -0.25) is 0 Å². The number of hydrogen-bond acceptors (Lipinski definition) is 3. The Hall–Kier alpha value is -0.770. The molecule has 0 radical (unpaired) electrons. The Labute approximate surface area is 125 Å². The quantitative estimate of drug-likeness (QED) is 0.926. The highest BCUT2D eigenvalue weighted by atomic mass is 35.5. The van der Waals surface area contributed by atoms with Gasteiger partial charge in [0.25, 0.3) is 0 Å². The van der Waals surface area contributed by atoms with Gasteiger partial charge >= 0.3 is 0 Å². The van der Waals surface area contributed by atoms with E-state index >= 15 is 0 Å². The van der Waals surface area contributed by atoms with E-state index in [0.29, 0.717) is 16.9 Å². The summed E-state index contributed by atoms with van der Waals surface area (Å²) in [6.45, 7) is 3.85. The monoisotopic (exact) mass is 295 g/mol. The fourth-order valence-electron chi connectivity index (χ4n) is 3.27. The Morgan fingerprint density at radius 3 is 2.65 bits per heavy atom. The molecule has 2 saturated heterocycles. The molecule has 3 rings (SSSR count). The third kappa shape index (κ3) is 3.27. The van der Waals surface area contributed by atoms with Gasteiger partial charge in [-0.15, -0.1) is 0 Å². The molecule has 110 valence electrons. The number of para-hydroxylation sites is 1. The normalized spacial score (nSPS) is 25.6. The van der Waals surface area contributed by atoms with Crippen LogP contribution in [0.25, 0.3) is 0 Å². The number of benzene rings is 1. The fraction of sp³-hybridized carbons (Fsp3) is 0.625. The van der Waals surface area contributed by atoms with Crippen LogP contribution in [0.4, 0.5) is 0 Å². The molecule has 2 atom stereocenters. The lowest BCUT2D eigenvalue weighted by atomic mass is 9.85. The van der Waals surface area contributed by atoms with Crippen molar-refractivity contribution in [2.75, 3.05) is 26.3 Å². The van der Waals surface area contributed by atoms with Gasteiger partial charge in [-0.25, -0.2) is 0 Å². The summed E-state index contributed by atoms with van der Waals surface area (Å²) in [6.07, 6.45) is 3.61. The zero-order valence-electron chi connectivity index (χ0n) is 11.7. The van der Waals surface area contributed by atoms with Gasteiger partial charge < -0.3 is 14.8 Å². The Morgan fingerprint density at radius 1 is 1.15 bits per heavy atom. The van der Waals surface area contributed by atoms with Gasteiger partial charge in [-0.1, -0.05) is 23.7 Å². The molecule has 0 amide bonds. The van der Waals surface area contributed by atoms with Crippen molar-refractivity contribution in [1.29, 1.82) is 0 Å². The summed E-state index contributed by atoms with van der Waals surface area (Å²) in [5.74, 6) is 1.97. The van der Waals surface area contributed by atoms with Gasteiger partial charge in [0.05, 0.1) is 5.02 Å². The third-order valence-electron chi connectivity index (χ3n) is 4.39. The topological polar surface area (TPSA) is 30.5 Å². The zero-order valence-corrected chi connectivity index (χ0v) is 12.4. The number of hydrogen-bond donors (Lipinski definition) is 1. The fourth-order valence-corrected chi connectivity index (χ4v) is 3.45. The Morgan fingerprint density at radius 2 is 1.95 bits per heavy atom. The van der Waals surface area contributed by atoms with Gasteiger partial charge in [0.2, 0.25) is 0 Å². The van der Waals surface area contributed by atoms with Gasteiger partial charge in [0.15, 0.2) is 0 Å². The third-order valence-corrected chi connectivity index (χ3v) is 4.71. The number of ether oxygens (including phenoxy) is 2. The summed E-state index contributed by atoms with van der Waals surface area (Å²) in [7, 11) is 0. The van der Waals surface area contributed by atoms with Gasteiger partial charge in [0.1, 0.15) is 11.9 Å². The van der Waals surface area contributed by atoms with E-state index in [1.54, 1.807) is 0 Å². The first-order valence-corrected chi connectivity index (χ1v) is 7.92. The first-order chi connectivity index (χ1) is 9.84. The molecule has 0 aliphatic carbocycles. The van der Waals surface area contributed by atoms with E-state index in [-0.39, 0.29) is 6.10 Å². The summed E-state index contributed by atoms with van der Waals surface area (Å²) in [5, 5.41) is 4.15. The number of nitrogens with one attached hydrogen (secondary N) is 1. The van der Waals surface area contributed by atoms with Crippen molar-refractivity contribution < 1.29 is 9.47 Å². The highest BCUT2D eigenvalue weighted by Crippen LogP contribution is 2.33. The van der Waals surface area contributed by atoms with E-state index in [0.717, 1.165) is 44.9 Å². The Balaban J connectivity index is 1.75. The lowest BCUT2D eigenvalue weighted by molar-refractivity contribution is -0.00129. The molecule has 2 heterocycles. The first kappa shape index (κ1) is 14.2. The molecular weight excluding hydrogens is 274 g/mol. The second-order valence-corrected chi connectivity index (χ2v) is 6.12. The predicted octanol–water partition coefficient (Wildman–Crippen LogP) is 3.12. The van der Waals surface area contributed by atoms with E-state index in [1.165, 1.54) is 6.42 Å². The molecule has 1 aromatic carbocycles. The maximum absolute atomic E-state index is 6.34. The summed E-state index contributed by atoms with van der Waals surface area (Å²) in [4.78, 5) is 0. The van der Waals surface area contributed by atoms with Crippen LogP contribution in [0, 0.1) is 11.8 Å². The van der Waals surface area contributed by atoms with E-state index in [1.807, 2.05) is 24.3 Å². The second-order valence-electron chi connectivity index (χ2n) is 5.72. The Bertz CT molecular complexity index is 428. The molecule has 0 aromatic heterocycles. The van der Waals surface area contributed by atoms with Gasteiger partial charge in [-0.05, 0) is 37.9 Å². The predicted molar refractivity (Wildman–Crippen MR) is 80.4 cm³/mol. The number of halogens is 1. The SMILES string of the molecule is Clc1ccccc1O[C@@H](C1CCOCC1)[C@@H]1CCNC1. The van der Waals surface area contributed by atoms with Crippen LogP contribution in [-0.2, 0) is 4.74 Å². The zero-order chi connectivity index (χ0) is 13.8. The molecule has 3 nitrogen and oxygen atoms in total. The van der Waals surface area contributed by atoms with E-state index in [9.17, 15) is 0 Å². The lowest BCUT2D eigenvalue weighted by Crippen LogP contribution is -2.39.